The Morgan fingerprint density at radius 2 is 2.08 bits per heavy atom. The Morgan fingerprint density at radius 3 is 2.54 bits per heavy atom. The number of carbonyl (C=O) groups is 1. The molecule has 0 saturated carbocycles. The van der Waals surface area contributed by atoms with Gasteiger partial charge in [0.2, 0.25) is 6.29 Å². The molecule has 3 heteroatoms. The van der Waals surface area contributed by atoms with Crippen LogP contribution >= 0.6 is 0 Å². The lowest BCUT2D eigenvalue weighted by Gasteiger charge is -2.36. The van der Waals surface area contributed by atoms with Crippen molar-refractivity contribution in [1.29, 1.82) is 0 Å². The van der Waals surface area contributed by atoms with Gasteiger partial charge in [-0.3, -0.25) is 4.79 Å². The zero-order valence-corrected chi connectivity index (χ0v) is 8.79. The smallest absolute Gasteiger partial charge is 0.310 e. The molecule has 2 unspecified atom stereocenters. The SMILES string of the molecule is CCC1CC(=O)OC(C(C)(C)C)O1. The highest BCUT2D eigenvalue weighted by Gasteiger charge is 2.36. The van der Waals surface area contributed by atoms with Crippen molar-refractivity contribution in [3.05, 3.63) is 0 Å². The Morgan fingerprint density at radius 1 is 1.46 bits per heavy atom. The van der Waals surface area contributed by atoms with Crippen molar-refractivity contribution in [2.75, 3.05) is 0 Å². The molecule has 2 atom stereocenters. The second-order valence-corrected chi connectivity index (χ2v) is 4.56. The number of hydrogen-bond donors (Lipinski definition) is 0. The fourth-order valence-electron chi connectivity index (χ4n) is 1.23. The topological polar surface area (TPSA) is 35.5 Å². The van der Waals surface area contributed by atoms with Crippen molar-refractivity contribution >= 4 is 5.97 Å². The van der Waals surface area contributed by atoms with Crippen LogP contribution < -0.4 is 0 Å². The molecule has 1 saturated heterocycles. The molecular formula is C10H18O3. The molecule has 0 aromatic rings. The predicted octanol–water partition coefficient (Wildman–Crippen LogP) is 2.10. The minimum atomic E-state index is -0.390. The van der Waals surface area contributed by atoms with Crippen LogP contribution in [0.1, 0.15) is 40.5 Å². The summed E-state index contributed by atoms with van der Waals surface area (Å²) in [6.45, 7) is 8.03. The van der Waals surface area contributed by atoms with E-state index in [4.69, 9.17) is 9.47 Å². The van der Waals surface area contributed by atoms with Crippen LogP contribution in [0, 0.1) is 5.41 Å². The van der Waals surface area contributed by atoms with Crippen LogP contribution in [0.3, 0.4) is 0 Å². The molecule has 0 radical (unpaired) electrons. The van der Waals surface area contributed by atoms with Crippen molar-refractivity contribution < 1.29 is 14.3 Å². The molecule has 1 heterocycles. The molecule has 76 valence electrons. The largest absolute Gasteiger partial charge is 0.435 e. The lowest BCUT2D eigenvalue weighted by atomic mass is 9.95. The summed E-state index contributed by atoms with van der Waals surface area (Å²) in [7, 11) is 0. The van der Waals surface area contributed by atoms with Crippen molar-refractivity contribution in [2.24, 2.45) is 5.41 Å². The van der Waals surface area contributed by atoms with E-state index in [1.807, 2.05) is 27.7 Å². The molecule has 0 aromatic heterocycles. The van der Waals surface area contributed by atoms with Gasteiger partial charge in [0, 0.05) is 5.41 Å². The van der Waals surface area contributed by atoms with Crippen molar-refractivity contribution in [3.8, 4) is 0 Å². The van der Waals surface area contributed by atoms with Crippen LogP contribution in [0.5, 0.6) is 0 Å². The number of carbonyl (C=O) groups excluding carboxylic acids is 1. The van der Waals surface area contributed by atoms with E-state index in [0.29, 0.717) is 6.42 Å². The van der Waals surface area contributed by atoms with Crippen LogP contribution in [-0.4, -0.2) is 18.4 Å². The molecule has 1 aliphatic heterocycles. The highest BCUT2D eigenvalue weighted by molar-refractivity contribution is 5.70. The number of rotatable bonds is 1. The van der Waals surface area contributed by atoms with Gasteiger partial charge in [0.15, 0.2) is 0 Å². The van der Waals surface area contributed by atoms with Gasteiger partial charge in [-0.25, -0.2) is 0 Å². The summed E-state index contributed by atoms with van der Waals surface area (Å²) < 4.78 is 10.7. The van der Waals surface area contributed by atoms with E-state index < -0.39 is 6.29 Å². The lowest BCUT2D eigenvalue weighted by Crippen LogP contribution is -2.42. The molecule has 1 fully saturated rings. The van der Waals surface area contributed by atoms with Gasteiger partial charge in [0.1, 0.15) is 0 Å². The molecule has 13 heavy (non-hydrogen) atoms. The molecule has 0 aliphatic carbocycles. The maximum atomic E-state index is 11.2. The Balaban J connectivity index is 2.62. The first-order chi connectivity index (χ1) is 5.93. The minimum absolute atomic E-state index is 0.0328. The van der Waals surface area contributed by atoms with Gasteiger partial charge >= 0.3 is 5.97 Å². The van der Waals surface area contributed by atoms with E-state index in [1.54, 1.807) is 0 Å². The Kier molecular flexibility index (Phi) is 2.96. The van der Waals surface area contributed by atoms with Crippen molar-refractivity contribution in [3.63, 3.8) is 0 Å². The van der Waals surface area contributed by atoms with E-state index in [1.165, 1.54) is 0 Å². The summed E-state index contributed by atoms with van der Waals surface area (Å²) in [5.41, 5.74) is -0.135. The maximum absolute atomic E-state index is 11.2. The Bertz CT molecular complexity index is 193. The van der Waals surface area contributed by atoms with E-state index in [2.05, 4.69) is 0 Å². The molecule has 0 aromatic carbocycles. The first kappa shape index (κ1) is 10.5. The summed E-state index contributed by atoms with van der Waals surface area (Å²) >= 11 is 0. The Labute approximate surface area is 79.4 Å². The van der Waals surface area contributed by atoms with Gasteiger partial charge in [0.05, 0.1) is 12.5 Å². The average Bonchev–Trinajstić information content (AvgIpc) is 2.01. The first-order valence-corrected chi connectivity index (χ1v) is 4.78. The van der Waals surface area contributed by atoms with Crippen LogP contribution in [0.15, 0.2) is 0 Å². The summed E-state index contributed by atoms with van der Waals surface area (Å²) in [6.07, 6.45) is 0.897. The molecule has 3 nitrogen and oxygen atoms in total. The third-order valence-corrected chi connectivity index (χ3v) is 2.11. The van der Waals surface area contributed by atoms with E-state index in [-0.39, 0.29) is 17.5 Å². The van der Waals surface area contributed by atoms with Crippen LogP contribution in [0.2, 0.25) is 0 Å². The zero-order valence-electron chi connectivity index (χ0n) is 8.79. The number of ether oxygens (including phenoxy) is 2. The van der Waals surface area contributed by atoms with Gasteiger partial charge in [-0.05, 0) is 6.42 Å². The third kappa shape index (κ3) is 2.69. The number of hydrogen-bond acceptors (Lipinski definition) is 3. The molecule has 0 spiro atoms. The van der Waals surface area contributed by atoms with Gasteiger partial charge < -0.3 is 9.47 Å². The number of esters is 1. The van der Waals surface area contributed by atoms with E-state index in [9.17, 15) is 4.79 Å². The number of cyclic esters (lactones) is 1. The average molecular weight is 186 g/mol. The third-order valence-electron chi connectivity index (χ3n) is 2.11. The van der Waals surface area contributed by atoms with Crippen LogP contribution in [0.25, 0.3) is 0 Å². The summed E-state index contributed by atoms with van der Waals surface area (Å²) in [4.78, 5) is 11.2. The molecule has 0 N–H and O–H groups in total. The van der Waals surface area contributed by atoms with Crippen LogP contribution in [-0.2, 0) is 14.3 Å². The lowest BCUT2D eigenvalue weighted by molar-refractivity contribution is -0.243. The van der Waals surface area contributed by atoms with Gasteiger partial charge in [-0.2, -0.15) is 0 Å². The van der Waals surface area contributed by atoms with Crippen molar-refractivity contribution in [1.82, 2.24) is 0 Å². The zero-order chi connectivity index (χ0) is 10.1. The second-order valence-electron chi connectivity index (χ2n) is 4.56. The maximum Gasteiger partial charge on any atom is 0.310 e. The summed E-state index contributed by atoms with van der Waals surface area (Å²) in [5, 5.41) is 0. The van der Waals surface area contributed by atoms with Gasteiger partial charge in [0.25, 0.3) is 0 Å². The molecule has 1 aliphatic rings. The van der Waals surface area contributed by atoms with Gasteiger partial charge in [-0.15, -0.1) is 0 Å². The minimum Gasteiger partial charge on any atom is -0.435 e. The van der Waals surface area contributed by atoms with Crippen LogP contribution in [0.4, 0.5) is 0 Å². The normalized spacial score (nSPS) is 30.0. The molecule has 1 rings (SSSR count). The molecule has 0 amide bonds. The van der Waals surface area contributed by atoms with E-state index in [0.717, 1.165) is 6.42 Å². The highest BCUT2D eigenvalue weighted by Crippen LogP contribution is 2.29. The monoisotopic (exact) mass is 186 g/mol. The van der Waals surface area contributed by atoms with E-state index >= 15 is 0 Å². The quantitative estimate of drug-likeness (QED) is 0.588. The highest BCUT2D eigenvalue weighted by atomic mass is 16.7. The molecular weight excluding hydrogens is 168 g/mol. The fraction of sp³-hybridized carbons (Fsp3) is 0.900. The standard InChI is InChI=1S/C10H18O3/c1-5-7-6-8(11)13-9(12-7)10(2,3)4/h7,9H,5-6H2,1-4H3. The molecule has 0 bridgehead atoms. The Hall–Kier alpha value is -0.570. The van der Waals surface area contributed by atoms with Gasteiger partial charge in [-0.1, -0.05) is 27.7 Å². The van der Waals surface area contributed by atoms with Crippen molar-refractivity contribution in [2.45, 2.75) is 52.9 Å². The summed E-state index contributed by atoms with van der Waals surface area (Å²) in [5.74, 6) is -0.141. The fourth-order valence-corrected chi connectivity index (χ4v) is 1.23. The second kappa shape index (κ2) is 3.66. The predicted molar refractivity (Wildman–Crippen MR) is 49.1 cm³/mol. The summed E-state index contributed by atoms with van der Waals surface area (Å²) in [6, 6.07) is 0. The first-order valence-electron chi connectivity index (χ1n) is 4.78.